The first-order chi connectivity index (χ1) is 7.42. The Balaban J connectivity index is 0.00000256. The number of halogens is 1. The van der Waals surface area contributed by atoms with Crippen molar-refractivity contribution < 1.29 is 4.74 Å². The van der Waals surface area contributed by atoms with Crippen LogP contribution in [0.15, 0.2) is 24.3 Å². The maximum atomic E-state index is 6.04. The molecule has 0 heterocycles. The molecule has 0 unspecified atom stereocenters. The van der Waals surface area contributed by atoms with E-state index in [9.17, 15) is 0 Å². The van der Waals surface area contributed by atoms with Crippen LogP contribution in [0.1, 0.15) is 52.1 Å². The van der Waals surface area contributed by atoms with E-state index >= 15 is 0 Å². The number of hydrogen-bond donors (Lipinski definition) is 1. The molecular formula is C14H24ClNO. The summed E-state index contributed by atoms with van der Waals surface area (Å²) in [5.41, 5.74) is 7.08. The number of benzene rings is 1. The van der Waals surface area contributed by atoms with Crippen LogP contribution >= 0.6 is 12.4 Å². The zero-order chi connectivity index (χ0) is 12.2. The molecule has 0 aliphatic carbocycles. The van der Waals surface area contributed by atoms with Crippen molar-refractivity contribution in [3.63, 3.8) is 0 Å². The Hall–Kier alpha value is -0.730. The van der Waals surface area contributed by atoms with Crippen molar-refractivity contribution in [3.05, 3.63) is 29.8 Å². The molecule has 0 saturated heterocycles. The van der Waals surface area contributed by atoms with E-state index in [-0.39, 0.29) is 24.0 Å². The highest BCUT2D eigenvalue weighted by Gasteiger charge is 2.12. The van der Waals surface area contributed by atoms with Crippen LogP contribution in [0.3, 0.4) is 0 Å². The monoisotopic (exact) mass is 257 g/mol. The maximum Gasteiger partial charge on any atom is 0.120 e. The number of nitrogens with two attached hydrogens (primary N) is 1. The van der Waals surface area contributed by atoms with E-state index in [4.69, 9.17) is 10.5 Å². The molecule has 0 radical (unpaired) electrons. The number of rotatable bonds is 4. The summed E-state index contributed by atoms with van der Waals surface area (Å²) in [6.45, 7) is 8.29. The van der Waals surface area contributed by atoms with Gasteiger partial charge in [0.2, 0.25) is 0 Å². The Morgan fingerprint density at radius 1 is 1.18 bits per heavy atom. The third-order valence-corrected chi connectivity index (χ3v) is 2.33. The molecule has 2 N–H and O–H groups in total. The Morgan fingerprint density at radius 2 is 1.71 bits per heavy atom. The van der Waals surface area contributed by atoms with E-state index in [0.29, 0.717) is 0 Å². The van der Waals surface area contributed by atoms with Gasteiger partial charge in [0.25, 0.3) is 0 Å². The summed E-state index contributed by atoms with van der Waals surface area (Å²) in [7, 11) is 0. The van der Waals surface area contributed by atoms with E-state index in [2.05, 4.69) is 19.1 Å². The maximum absolute atomic E-state index is 6.04. The zero-order valence-electron chi connectivity index (χ0n) is 11.2. The molecule has 3 heteroatoms. The van der Waals surface area contributed by atoms with Gasteiger partial charge in [0.1, 0.15) is 11.4 Å². The average Bonchev–Trinajstić information content (AvgIpc) is 2.16. The van der Waals surface area contributed by atoms with Crippen LogP contribution < -0.4 is 10.5 Å². The fourth-order valence-corrected chi connectivity index (χ4v) is 1.61. The average molecular weight is 258 g/mol. The van der Waals surface area contributed by atoms with Crippen LogP contribution in [0.5, 0.6) is 5.75 Å². The quantitative estimate of drug-likeness (QED) is 0.882. The summed E-state index contributed by atoms with van der Waals surface area (Å²) < 4.78 is 5.76. The fraction of sp³-hybridized carbons (Fsp3) is 0.571. The van der Waals surface area contributed by atoms with Crippen molar-refractivity contribution in [3.8, 4) is 5.75 Å². The van der Waals surface area contributed by atoms with Crippen molar-refractivity contribution in [1.82, 2.24) is 0 Å². The number of ether oxygens (including phenoxy) is 1. The predicted molar refractivity (Wildman–Crippen MR) is 75.9 cm³/mol. The van der Waals surface area contributed by atoms with Gasteiger partial charge in [-0.15, -0.1) is 12.4 Å². The SMILES string of the molecule is CCC[C@H](N)c1ccc(OC(C)(C)C)cc1.Cl. The van der Waals surface area contributed by atoms with E-state index in [1.165, 1.54) is 5.56 Å². The molecule has 1 aromatic rings. The third kappa shape index (κ3) is 5.94. The van der Waals surface area contributed by atoms with Crippen molar-refractivity contribution in [2.75, 3.05) is 0 Å². The molecular weight excluding hydrogens is 234 g/mol. The minimum Gasteiger partial charge on any atom is -0.488 e. The Labute approximate surface area is 111 Å². The van der Waals surface area contributed by atoms with Gasteiger partial charge in [-0.05, 0) is 44.9 Å². The van der Waals surface area contributed by atoms with Crippen LogP contribution in [0, 0.1) is 0 Å². The molecule has 0 amide bonds. The van der Waals surface area contributed by atoms with Crippen molar-refractivity contribution in [1.29, 1.82) is 0 Å². The topological polar surface area (TPSA) is 35.2 Å². The minimum atomic E-state index is -0.146. The lowest BCUT2D eigenvalue weighted by atomic mass is 10.0. The van der Waals surface area contributed by atoms with Crippen LogP contribution in [0.2, 0.25) is 0 Å². The molecule has 2 nitrogen and oxygen atoms in total. The van der Waals surface area contributed by atoms with E-state index in [1.807, 2.05) is 32.9 Å². The van der Waals surface area contributed by atoms with Crippen molar-refractivity contribution >= 4 is 12.4 Å². The lowest BCUT2D eigenvalue weighted by molar-refractivity contribution is 0.131. The Bertz CT molecular complexity index is 316. The van der Waals surface area contributed by atoms with Crippen LogP contribution in [0.25, 0.3) is 0 Å². The second kappa shape index (κ2) is 6.87. The Morgan fingerprint density at radius 3 is 2.12 bits per heavy atom. The van der Waals surface area contributed by atoms with E-state index < -0.39 is 0 Å². The molecule has 0 bridgehead atoms. The summed E-state index contributed by atoms with van der Waals surface area (Å²) in [6, 6.07) is 8.25. The molecule has 0 aromatic heterocycles. The first-order valence-corrected chi connectivity index (χ1v) is 5.97. The first kappa shape index (κ1) is 16.3. The molecule has 1 atom stereocenters. The molecule has 0 spiro atoms. The first-order valence-electron chi connectivity index (χ1n) is 5.97. The van der Waals surface area contributed by atoms with Gasteiger partial charge in [-0.25, -0.2) is 0 Å². The van der Waals surface area contributed by atoms with Gasteiger partial charge in [-0.1, -0.05) is 25.5 Å². The largest absolute Gasteiger partial charge is 0.488 e. The van der Waals surface area contributed by atoms with E-state index in [0.717, 1.165) is 18.6 Å². The van der Waals surface area contributed by atoms with Gasteiger partial charge in [-0.2, -0.15) is 0 Å². The highest BCUT2D eigenvalue weighted by molar-refractivity contribution is 5.85. The zero-order valence-corrected chi connectivity index (χ0v) is 12.0. The van der Waals surface area contributed by atoms with Crippen molar-refractivity contribution in [2.24, 2.45) is 5.73 Å². The summed E-state index contributed by atoms with van der Waals surface area (Å²) in [5.74, 6) is 0.903. The molecule has 0 aliphatic rings. The standard InChI is InChI=1S/C14H23NO.ClH/c1-5-6-13(15)11-7-9-12(10-8-11)16-14(2,3)4;/h7-10,13H,5-6,15H2,1-4H3;1H/t13-;/m0./s1. The molecule has 1 rings (SSSR count). The van der Waals surface area contributed by atoms with Crippen LogP contribution in [-0.4, -0.2) is 5.60 Å². The summed E-state index contributed by atoms with van der Waals surface area (Å²) in [4.78, 5) is 0. The fourth-order valence-electron chi connectivity index (χ4n) is 1.61. The number of hydrogen-bond acceptors (Lipinski definition) is 2. The van der Waals surface area contributed by atoms with Crippen LogP contribution in [-0.2, 0) is 0 Å². The van der Waals surface area contributed by atoms with Crippen LogP contribution in [0.4, 0.5) is 0 Å². The molecule has 1 aromatic carbocycles. The highest BCUT2D eigenvalue weighted by Crippen LogP contribution is 2.22. The van der Waals surface area contributed by atoms with Gasteiger partial charge >= 0.3 is 0 Å². The van der Waals surface area contributed by atoms with Gasteiger partial charge in [0.15, 0.2) is 0 Å². The smallest absolute Gasteiger partial charge is 0.120 e. The summed E-state index contributed by atoms with van der Waals surface area (Å²) in [6.07, 6.45) is 2.14. The van der Waals surface area contributed by atoms with Gasteiger partial charge in [0.05, 0.1) is 0 Å². The van der Waals surface area contributed by atoms with E-state index in [1.54, 1.807) is 0 Å². The second-order valence-electron chi connectivity index (χ2n) is 5.18. The molecule has 17 heavy (non-hydrogen) atoms. The van der Waals surface area contributed by atoms with Crippen molar-refractivity contribution in [2.45, 2.75) is 52.2 Å². The van der Waals surface area contributed by atoms with Gasteiger partial charge < -0.3 is 10.5 Å². The molecule has 0 aliphatic heterocycles. The third-order valence-electron chi connectivity index (χ3n) is 2.33. The highest BCUT2D eigenvalue weighted by atomic mass is 35.5. The normalized spacial score (nSPS) is 12.8. The predicted octanol–water partition coefficient (Wildman–Crippen LogP) is 4.09. The van der Waals surface area contributed by atoms with Gasteiger partial charge in [-0.3, -0.25) is 0 Å². The molecule has 98 valence electrons. The van der Waals surface area contributed by atoms with Gasteiger partial charge in [0, 0.05) is 6.04 Å². The lowest BCUT2D eigenvalue weighted by Gasteiger charge is -2.21. The summed E-state index contributed by atoms with van der Waals surface area (Å²) >= 11 is 0. The Kier molecular flexibility index (Phi) is 6.58. The molecule has 0 saturated carbocycles. The molecule has 0 fully saturated rings. The lowest BCUT2D eigenvalue weighted by Crippen LogP contribution is -2.22. The summed E-state index contributed by atoms with van der Waals surface area (Å²) in [5, 5.41) is 0. The minimum absolute atomic E-state index is 0. The second-order valence-corrected chi connectivity index (χ2v) is 5.18.